The zero-order chi connectivity index (χ0) is 23.9. The van der Waals surface area contributed by atoms with Gasteiger partial charge in [0, 0.05) is 40.0 Å². The summed E-state index contributed by atoms with van der Waals surface area (Å²) in [5.41, 5.74) is 4.16. The molecule has 4 aromatic heterocycles. The topological polar surface area (TPSA) is 117 Å². The first-order valence-corrected chi connectivity index (χ1v) is 11.5. The van der Waals surface area contributed by atoms with E-state index in [1.165, 1.54) is 11.8 Å². The first-order valence-electron chi connectivity index (χ1n) is 10.3. The number of carbonyl (C=O) groups excluding carboxylic acids is 2. The van der Waals surface area contributed by atoms with Gasteiger partial charge in [0.1, 0.15) is 5.76 Å². The van der Waals surface area contributed by atoms with Gasteiger partial charge in [0.2, 0.25) is 10.9 Å². The Labute approximate surface area is 194 Å². The van der Waals surface area contributed by atoms with Crippen molar-refractivity contribution in [2.24, 2.45) is 0 Å². The molecule has 33 heavy (non-hydrogen) atoms. The van der Waals surface area contributed by atoms with Gasteiger partial charge in [-0.15, -0.1) is 5.10 Å². The summed E-state index contributed by atoms with van der Waals surface area (Å²) in [4.78, 5) is 34.1. The van der Waals surface area contributed by atoms with Crippen molar-refractivity contribution in [2.75, 3.05) is 12.9 Å². The molecule has 0 unspecified atom stereocenters. The van der Waals surface area contributed by atoms with Gasteiger partial charge in [-0.1, -0.05) is 16.9 Å². The highest BCUT2D eigenvalue weighted by molar-refractivity contribution is 7.98. The quantitative estimate of drug-likeness (QED) is 0.229. The molecule has 172 valence electrons. The minimum Gasteiger partial charge on any atom is -0.457 e. The zero-order valence-electron chi connectivity index (χ0n) is 19.3. The summed E-state index contributed by atoms with van der Waals surface area (Å²) in [5.74, 6) is 0.963. The molecule has 10 nitrogen and oxygen atoms in total. The van der Waals surface area contributed by atoms with Gasteiger partial charge in [0.05, 0.1) is 6.42 Å². The number of ketones is 1. The second-order valence-corrected chi connectivity index (χ2v) is 8.52. The fourth-order valence-corrected chi connectivity index (χ4v) is 4.14. The van der Waals surface area contributed by atoms with Gasteiger partial charge < -0.3 is 9.26 Å². The number of hydrogen-bond donors (Lipinski definition) is 0. The second kappa shape index (κ2) is 8.81. The second-order valence-electron chi connectivity index (χ2n) is 7.75. The number of hydrogen-bond acceptors (Lipinski definition) is 9. The minimum atomic E-state index is -0.512. The molecule has 0 aliphatic heterocycles. The lowest BCUT2D eigenvalue weighted by molar-refractivity contribution is -0.141. The number of fused-ring (bicyclic) bond motifs is 1. The number of nitrogens with zero attached hydrogens (tertiary/aromatic N) is 6. The van der Waals surface area contributed by atoms with E-state index in [2.05, 4.69) is 20.2 Å². The van der Waals surface area contributed by atoms with E-state index >= 15 is 0 Å². The van der Waals surface area contributed by atoms with Crippen molar-refractivity contribution in [3.8, 4) is 5.82 Å². The fourth-order valence-electron chi connectivity index (χ4n) is 3.81. The maximum absolute atomic E-state index is 12.8. The summed E-state index contributed by atoms with van der Waals surface area (Å²) in [6.07, 6.45) is 1.87. The molecule has 0 aromatic carbocycles. The Kier molecular flexibility index (Phi) is 6.07. The van der Waals surface area contributed by atoms with Crippen molar-refractivity contribution in [3.63, 3.8) is 0 Å². The van der Waals surface area contributed by atoms with Crippen LogP contribution in [-0.2, 0) is 16.0 Å². The van der Waals surface area contributed by atoms with Crippen LogP contribution in [0.4, 0.5) is 0 Å². The maximum Gasteiger partial charge on any atom is 0.310 e. The maximum atomic E-state index is 12.8. The number of carbonyl (C=O) groups is 2. The van der Waals surface area contributed by atoms with Gasteiger partial charge in [-0.3, -0.25) is 14.2 Å². The molecular weight excluding hydrogens is 444 g/mol. The Bertz CT molecular complexity index is 1380. The molecule has 0 saturated heterocycles. The molecule has 0 N–H and O–H groups in total. The molecule has 0 aliphatic carbocycles. The van der Waals surface area contributed by atoms with Crippen LogP contribution in [0, 0.1) is 34.6 Å². The van der Waals surface area contributed by atoms with E-state index in [1.807, 2.05) is 38.5 Å². The van der Waals surface area contributed by atoms with Crippen LogP contribution in [-0.4, -0.2) is 53.9 Å². The number of aryl methyl sites for hydroxylation is 4. The summed E-state index contributed by atoms with van der Waals surface area (Å²) >= 11 is 1.42. The largest absolute Gasteiger partial charge is 0.457 e. The van der Waals surface area contributed by atoms with Crippen LogP contribution >= 0.6 is 11.8 Å². The number of thioether (sulfide) groups is 1. The molecule has 0 fully saturated rings. The van der Waals surface area contributed by atoms with Crippen molar-refractivity contribution in [3.05, 3.63) is 51.8 Å². The third kappa shape index (κ3) is 4.28. The number of Topliss-reactive ketones (excluding diaryl/α,β-unsaturated/α-hetero) is 1. The van der Waals surface area contributed by atoms with E-state index in [4.69, 9.17) is 9.26 Å². The van der Waals surface area contributed by atoms with E-state index in [0.717, 1.165) is 11.4 Å². The molecule has 0 spiro atoms. The first kappa shape index (κ1) is 22.7. The lowest BCUT2D eigenvalue weighted by atomic mass is 10.1. The fraction of sp³-hybridized carbons (Fsp3) is 0.364. The van der Waals surface area contributed by atoms with Gasteiger partial charge in [-0.05, 0) is 46.9 Å². The van der Waals surface area contributed by atoms with E-state index in [9.17, 15) is 9.59 Å². The highest BCUT2D eigenvalue weighted by atomic mass is 32.2. The van der Waals surface area contributed by atoms with Crippen LogP contribution < -0.4 is 0 Å². The molecule has 0 bridgehead atoms. The summed E-state index contributed by atoms with van der Waals surface area (Å²) < 4.78 is 13.9. The lowest BCUT2D eigenvalue weighted by Crippen LogP contribution is -2.18. The predicted molar refractivity (Wildman–Crippen MR) is 121 cm³/mol. The van der Waals surface area contributed by atoms with Gasteiger partial charge in [0.25, 0.3) is 5.78 Å². The summed E-state index contributed by atoms with van der Waals surface area (Å²) in [7, 11) is 0. The third-order valence-electron chi connectivity index (χ3n) is 5.47. The molecule has 4 heterocycles. The Morgan fingerprint density at radius 2 is 1.85 bits per heavy atom. The monoisotopic (exact) mass is 468 g/mol. The SMILES string of the molecule is CSc1nc2nc(C)c(CC(=O)OCC(=O)c3cc(C)n(-c4cc(C)on4)c3C)c(C)n2n1. The van der Waals surface area contributed by atoms with Crippen molar-refractivity contribution in [2.45, 2.75) is 46.2 Å². The molecule has 0 atom stereocenters. The Morgan fingerprint density at radius 3 is 2.52 bits per heavy atom. The molecule has 0 radical (unpaired) electrons. The minimum absolute atomic E-state index is 0.0143. The molecule has 0 amide bonds. The van der Waals surface area contributed by atoms with Crippen LogP contribution in [0.3, 0.4) is 0 Å². The lowest BCUT2D eigenvalue weighted by Gasteiger charge is -2.10. The van der Waals surface area contributed by atoms with Crippen LogP contribution in [0.25, 0.3) is 11.6 Å². The van der Waals surface area contributed by atoms with Gasteiger partial charge >= 0.3 is 5.97 Å². The molecule has 4 rings (SSSR count). The molecular formula is C22H24N6O4S. The summed E-state index contributed by atoms with van der Waals surface area (Å²) in [6, 6.07) is 3.55. The molecule has 4 aromatic rings. The molecule has 0 saturated carbocycles. The Balaban J connectivity index is 1.47. The van der Waals surface area contributed by atoms with Crippen LogP contribution in [0.1, 0.15) is 44.5 Å². The normalized spacial score (nSPS) is 11.3. The highest BCUT2D eigenvalue weighted by Gasteiger charge is 2.21. The van der Waals surface area contributed by atoms with Crippen molar-refractivity contribution < 1.29 is 18.8 Å². The Morgan fingerprint density at radius 1 is 1.09 bits per heavy atom. The van der Waals surface area contributed by atoms with Gasteiger partial charge in [-0.2, -0.15) is 4.98 Å². The van der Waals surface area contributed by atoms with Gasteiger partial charge in [-0.25, -0.2) is 9.50 Å². The van der Waals surface area contributed by atoms with Crippen molar-refractivity contribution >= 4 is 29.3 Å². The van der Waals surface area contributed by atoms with Gasteiger partial charge in [0.15, 0.2) is 12.4 Å². The molecule has 11 heteroatoms. The average molecular weight is 469 g/mol. The van der Waals surface area contributed by atoms with E-state index in [0.29, 0.717) is 45.0 Å². The third-order valence-corrected chi connectivity index (χ3v) is 6.01. The first-order chi connectivity index (χ1) is 15.7. The van der Waals surface area contributed by atoms with E-state index in [-0.39, 0.29) is 18.8 Å². The number of aromatic nitrogens is 6. The average Bonchev–Trinajstić information content (AvgIpc) is 3.46. The predicted octanol–water partition coefficient (Wildman–Crippen LogP) is 3.14. The smallest absolute Gasteiger partial charge is 0.310 e. The van der Waals surface area contributed by atoms with E-state index < -0.39 is 5.97 Å². The van der Waals surface area contributed by atoms with E-state index in [1.54, 1.807) is 23.6 Å². The summed E-state index contributed by atoms with van der Waals surface area (Å²) in [5, 5.41) is 9.01. The van der Waals surface area contributed by atoms with Crippen molar-refractivity contribution in [1.82, 2.24) is 29.3 Å². The number of esters is 1. The Hall–Kier alpha value is -3.47. The molecule has 0 aliphatic rings. The standard InChI is InChI=1S/C22H24N6O4S/c1-11-7-17(14(4)27(11)19-8-12(2)32-26-19)18(29)10-31-20(30)9-16-13(3)23-21-24-22(33-6)25-28(21)15(16)5/h7-8H,9-10H2,1-6H3. The summed E-state index contributed by atoms with van der Waals surface area (Å²) in [6.45, 7) is 8.82. The van der Waals surface area contributed by atoms with Crippen molar-refractivity contribution in [1.29, 1.82) is 0 Å². The number of ether oxygens (including phenoxy) is 1. The number of rotatable bonds is 7. The highest BCUT2D eigenvalue weighted by Crippen LogP contribution is 2.22. The zero-order valence-corrected chi connectivity index (χ0v) is 20.1. The van der Waals surface area contributed by atoms with Crippen LogP contribution in [0.2, 0.25) is 0 Å². The van der Waals surface area contributed by atoms with Crippen LogP contribution in [0.15, 0.2) is 21.8 Å². The van der Waals surface area contributed by atoms with Crippen LogP contribution in [0.5, 0.6) is 0 Å².